The van der Waals surface area contributed by atoms with Gasteiger partial charge in [0.25, 0.3) is 0 Å². The average Bonchev–Trinajstić information content (AvgIpc) is 2.61. The molecule has 1 rings (SSSR count). The van der Waals surface area contributed by atoms with Crippen LogP contribution < -0.4 is 5.32 Å². The van der Waals surface area contributed by atoms with Gasteiger partial charge in [-0.3, -0.25) is 4.68 Å². The molecule has 0 saturated heterocycles. The van der Waals surface area contributed by atoms with Crippen LogP contribution in [0.25, 0.3) is 0 Å². The summed E-state index contributed by atoms with van der Waals surface area (Å²) in [6.07, 6.45) is 4.98. The number of hydrogen-bond acceptors (Lipinski definition) is 3. The predicted octanol–water partition coefficient (Wildman–Crippen LogP) is 0.977. The molecule has 0 spiro atoms. The Morgan fingerprint density at radius 2 is 2.40 bits per heavy atom. The fourth-order valence-electron chi connectivity index (χ4n) is 1.42. The first-order chi connectivity index (χ1) is 7.22. The van der Waals surface area contributed by atoms with E-state index in [0.717, 1.165) is 26.2 Å². The number of aryl methyl sites for hydroxylation is 1. The molecule has 0 bridgehead atoms. The predicted molar refractivity (Wildman–Crippen MR) is 60.9 cm³/mol. The molecule has 0 fully saturated rings. The van der Waals surface area contributed by atoms with Gasteiger partial charge < -0.3 is 10.1 Å². The summed E-state index contributed by atoms with van der Waals surface area (Å²) in [5.74, 6) is 0. The van der Waals surface area contributed by atoms with E-state index in [1.165, 1.54) is 5.56 Å². The average molecular weight is 211 g/mol. The molecule has 0 aliphatic carbocycles. The zero-order valence-corrected chi connectivity index (χ0v) is 9.86. The van der Waals surface area contributed by atoms with Gasteiger partial charge in [0.15, 0.2) is 0 Å². The maximum atomic E-state index is 5.32. The fourth-order valence-corrected chi connectivity index (χ4v) is 1.42. The van der Waals surface area contributed by atoms with Crippen LogP contribution in [0.5, 0.6) is 0 Å². The SMILES string of the molecule is CCOCC(C)NCCc1cnn(C)c1. The highest BCUT2D eigenvalue weighted by Crippen LogP contribution is 1.96. The van der Waals surface area contributed by atoms with E-state index in [4.69, 9.17) is 4.74 Å². The number of nitrogens with one attached hydrogen (secondary N) is 1. The number of hydrogen-bond donors (Lipinski definition) is 1. The van der Waals surface area contributed by atoms with Crippen LogP contribution in [0.3, 0.4) is 0 Å². The van der Waals surface area contributed by atoms with Gasteiger partial charge in [0.2, 0.25) is 0 Å². The van der Waals surface area contributed by atoms with E-state index in [0.29, 0.717) is 6.04 Å². The third-order valence-electron chi connectivity index (χ3n) is 2.24. The summed E-state index contributed by atoms with van der Waals surface area (Å²) in [5, 5.41) is 7.54. The van der Waals surface area contributed by atoms with Gasteiger partial charge in [-0.05, 0) is 32.4 Å². The van der Waals surface area contributed by atoms with Gasteiger partial charge in [-0.25, -0.2) is 0 Å². The minimum atomic E-state index is 0.418. The Morgan fingerprint density at radius 3 is 3.00 bits per heavy atom. The molecule has 1 N–H and O–H groups in total. The Kier molecular flexibility index (Phi) is 5.36. The van der Waals surface area contributed by atoms with Gasteiger partial charge in [0.1, 0.15) is 0 Å². The second kappa shape index (κ2) is 6.58. The summed E-state index contributed by atoms with van der Waals surface area (Å²) in [6.45, 7) is 6.69. The zero-order chi connectivity index (χ0) is 11.1. The lowest BCUT2D eigenvalue weighted by molar-refractivity contribution is 0.127. The zero-order valence-electron chi connectivity index (χ0n) is 9.86. The van der Waals surface area contributed by atoms with Crippen molar-refractivity contribution in [3.63, 3.8) is 0 Å². The molecule has 1 unspecified atom stereocenters. The van der Waals surface area contributed by atoms with Crippen molar-refractivity contribution in [3.05, 3.63) is 18.0 Å². The van der Waals surface area contributed by atoms with Gasteiger partial charge in [0, 0.05) is 25.9 Å². The first-order valence-electron chi connectivity index (χ1n) is 5.51. The summed E-state index contributed by atoms with van der Waals surface area (Å²) in [5.41, 5.74) is 1.27. The van der Waals surface area contributed by atoms with Gasteiger partial charge >= 0.3 is 0 Å². The standard InChI is InChI=1S/C11H21N3O/c1-4-15-9-10(2)12-6-5-11-7-13-14(3)8-11/h7-8,10,12H,4-6,9H2,1-3H3. The molecular weight excluding hydrogens is 190 g/mol. The molecule has 15 heavy (non-hydrogen) atoms. The highest BCUT2D eigenvalue weighted by molar-refractivity contribution is 5.03. The van der Waals surface area contributed by atoms with Crippen molar-refractivity contribution in [2.75, 3.05) is 19.8 Å². The van der Waals surface area contributed by atoms with Gasteiger partial charge in [-0.1, -0.05) is 0 Å². The van der Waals surface area contributed by atoms with Crippen molar-refractivity contribution in [1.29, 1.82) is 0 Å². The molecule has 0 radical (unpaired) electrons. The molecule has 0 aliphatic rings. The summed E-state index contributed by atoms with van der Waals surface area (Å²) in [7, 11) is 1.94. The number of nitrogens with zero attached hydrogens (tertiary/aromatic N) is 2. The van der Waals surface area contributed by atoms with E-state index in [1.54, 1.807) is 0 Å². The van der Waals surface area contributed by atoms with Gasteiger partial charge in [0.05, 0.1) is 12.8 Å². The van der Waals surface area contributed by atoms with Crippen molar-refractivity contribution in [2.45, 2.75) is 26.3 Å². The van der Waals surface area contributed by atoms with Crippen molar-refractivity contribution in [2.24, 2.45) is 7.05 Å². The minimum Gasteiger partial charge on any atom is -0.380 e. The Hall–Kier alpha value is -0.870. The van der Waals surface area contributed by atoms with Crippen LogP contribution >= 0.6 is 0 Å². The molecule has 1 aromatic heterocycles. The molecule has 0 aliphatic heterocycles. The topological polar surface area (TPSA) is 39.1 Å². The highest BCUT2D eigenvalue weighted by Gasteiger charge is 2.01. The molecule has 1 heterocycles. The number of ether oxygens (including phenoxy) is 1. The quantitative estimate of drug-likeness (QED) is 0.730. The Balaban J connectivity index is 2.10. The molecule has 0 amide bonds. The monoisotopic (exact) mass is 211 g/mol. The summed E-state index contributed by atoms with van der Waals surface area (Å²) >= 11 is 0. The molecular formula is C11H21N3O. The van der Waals surface area contributed by atoms with E-state index < -0.39 is 0 Å². The highest BCUT2D eigenvalue weighted by atomic mass is 16.5. The second-order valence-corrected chi connectivity index (χ2v) is 3.79. The van der Waals surface area contributed by atoms with Crippen molar-refractivity contribution < 1.29 is 4.74 Å². The molecule has 86 valence electrons. The lowest BCUT2D eigenvalue weighted by Gasteiger charge is -2.12. The maximum Gasteiger partial charge on any atom is 0.0616 e. The van der Waals surface area contributed by atoms with Crippen LogP contribution in [-0.2, 0) is 18.2 Å². The van der Waals surface area contributed by atoms with Crippen LogP contribution in [0.15, 0.2) is 12.4 Å². The number of aromatic nitrogens is 2. The molecule has 0 aromatic carbocycles. The van der Waals surface area contributed by atoms with Crippen molar-refractivity contribution in [1.82, 2.24) is 15.1 Å². The normalized spacial score (nSPS) is 13.0. The van der Waals surface area contributed by atoms with Crippen molar-refractivity contribution >= 4 is 0 Å². The van der Waals surface area contributed by atoms with E-state index in [2.05, 4.69) is 23.5 Å². The first kappa shape index (κ1) is 12.2. The van der Waals surface area contributed by atoms with E-state index in [-0.39, 0.29) is 0 Å². The van der Waals surface area contributed by atoms with E-state index in [9.17, 15) is 0 Å². The van der Waals surface area contributed by atoms with Gasteiger partial charge in [-0.15, -0.1) is 0 Å². The molecule has 4 nitrogen and oxygen atoms in total. The third kappa shape index (κ3) is 4.95. The number of rotatable bonds is 7. The smallest absolute Gasteiger partial charge is 0.0616 e. The van der Waals surface area contributed by atoms with Crippen LogP contribution in [-0.4, -0.2) is 35.6 Å². The minimum absolute atomic E-state index is 0.418. The van der Waals surface area contributed by atoms with Crippen LogP contribution in [0, 0.1) is 0 Å². The summed E-state index contributed by atoms with van der Waals surface area (Å²) < 4.78 is 7.16. The Bertz CT molecular complexity index is 273. The first-order valence-corrected chi connectivity index (χ1v) is 5.51. The Morgan fingerprint density at radius 1 is 1.60 bits per heavy atom. The summed E-state index contributed by atoms with van der Waals surface area (Å²) in [4.78, 5) is 0. The van der Waals surface area contributed by atoms with Crippen LogP contribution in [0.2, 0.25) is 0 Å². The third-order valence-corrected chi connectivity index (χ3v) is 2.24. The van der Waals surface area contributed by atoms with Crippen LogP contribution in [0.1, 0.15) is 19.4 Å². The molecule has 1 aromatic rings. The fraction of sp³-hybridized carbons (Fsp3) is 0.727. The second-order valence-electron chi connectivity index (χ2n) is 3.79. The van der Waals surface area contributed by atoms with Gasteiger partial charge in [-0.2, -0.15) is 5.10 Å². The van der Waals surface area contributed by atoms with E-state index in [1.807, 2.05) is 24.9 Å². The van der Waals surface area contributed by atoms with Crippen LogP contribution in [0.4, 0.5) is 0 Å². The Labute approximate surface area is 91.6 Å². The summed E-state index contributed by atoms with van der Waals surface area (Å²) in [6, 6.07) is 0.418. The van der Waals surface area contributed by atoms with E-state index >= 15 is 0 Å². The maximum absolute atomic E-state index is 5.32. The lowest BCUT2D eigenvalue weighted by atomic mass is 10.2. The largest absolute Gasteiger partial charge is 0.380 e. The molecule has 0 saturated carbocycles. The lowest BCUT2D eigenvalue weighted by Crippen LogP contribution is -2.32. The van der Waals surface area contributed by atoms with Crippen molar-refractivity contribution in [3.8, 4) is 0 Å². The molecule has 1 atom stereocenters. The molecule has 4 heteroatoms.